The molecule has 0 unspecified atom stereocenters. The zero-order chi connectivity index (χ0) is 15.3. The molecule has 0 aromatic heterocycles. The van der Waals surface area contributed by atoms with Crippen molar-refractivity contribution in [3.8, 4) is 0 Å². The molecule has 21 heavy (non-hydrogen) atoms. The maximum absolute atomic E-state index is 12.3. The second-order valence-corrected chi connectivity index (χ2v) is 6.37. The van der Waals surface area contributed by atoms with Crippen LogP contribution in [0.1, 0.15) is 18.1 Å². The van der Waals surface area contributed by atoms with Gasteiger partial charge in [0.2, 0.25) is 10.0 Å². The van der Waals surface area contributed by atoms with E-state index in [2.05, 4.69) is 17.1 Å². The Kier molecular flexibility index (Phi) is 4.95. The van der Waals surface area contributed by atoms with Crippen LogP contribution in [0.3, 0.4) is 0 Å². The van der Waals surface area contributed by atoms with Crippen LogP contribution in [0.25, 0.3) is 0 Å². The number of hydrogen-bond donors (Lipinski definition) is 3. The van der Waals surface area contributed by atoms with Crippen molar-refractivity contribution in [1.29, 1.82) is 0 Å². The molecule has 6 heteroatoms. The van der Waals surface area contributed by atoms with Crippen molar-refractivity contribution in [3.63, 3.8) is 0 Å². The van der Waals surface area contributed by atoms with Gasteiger partial charge in [0.25, 0.3) is 0 Å². The molecule has 0 aliphatic carbocycles. The van der Waals surface area contributed by atoms with Crippen molar-refractivity contribution in [2.24, 2.45) is 5.84 Å². The largest absolute Gasteiger partial charge is 0.323 e. The number of aryl methyl sites for hydroxylation is 1. The number of rotatable bonds is 6. The lowest BCUT2D eigenvalue weighted by Crippen LogP contribution is -2.25. The van der Waals surface area contributed by atoms with Gasteiger partial charge in [0, 0.05) is 6.54 Å². The number of hydrogen-bond acceptors (Lipinski definition) is 4. The summed E-state index contributed by atoms with van der Waals surface area (Å²) in [5.41, 5.74) is 4.90. The van der Waals surface area contributed by atoms with Crippen molar-refractivity contribution < 1.29 is 8.42 Å². The van der Waals surface area contributed by atoms with Gasteiger partial charge in [-0.15, -0.1) is 0 Å². The minimum absolute atomic E-state index is 0.137. The fourth-order valence-corrected chi connectivity index (χ4v) is 3.16. The van der Waals surface area contributed by atoms with Crippen LogP contribution in [0, 0.1) is 0 Å². The number of benzene rings is 2. The van der Waals surface area contributed by atoms with E-state index in [9.17, 15) is 8.42 Å². The summed E-state index contributed by atoms with van der Waals surface area (Å²) in [6.45, 7) is 2.32. The molecule has 5 nitrogen and oxygen atoms in total. The van der Waals surface area contributed by atoms with Crippen LogP contribution in [0.5, 0.6) is 0 Å². The summed E-state index contributed by atoms with van der Waals surface area (Å²) in [5.74, 6) is 5.34. The minimum atomic E-state index is -3.61. The summed E-state index contributed by atoms with van der Waals surface area (Å²) in [4.78, 5) is 0.137. The topological polar surface area (TPSA) is 84.2 Å². The van der Waals surface area contributed by atoms with Crippen molar-refractivity contribution in [1.82, 2.24) is 4.72 Å². The van der Waals surface area contributed by atoms with Gasteiger partial charge in [-0.05, 0) is 29.7 Å². The maximum Gasteiger partial charge on any atom is 0.242 e. The summed E-state index contributed by atoms with van der Waals surface area (Å²) in [5, 5.41) is 0. The summed E-state index contributed by atoms with van der Waals surface area (Å²) >= 11 is 0. The van der Waals surface area contributed by atoms with E-state index in [1.807, 2.05) is 24.3 Å². The number of nitrogens with two attached hydrogens (primary N) is 1. The average Bonchev–Trinajstić information content (AvgIpc) is 2.53. The first-order valence-corrected chi connectivity index (χ1v) is 8.18. The van der Waals surface area contributed by atoms with Gasteiger partial charge < -0.3 is 5.43 Å². The molecule has 0 radical (unpaired) electrons. The first kappa shape index (κ1) is 15.5. The molecule has 2 aromatic carbocycles. The Bertz CT molecular complexity index is 697. The molecule has 0 fully saturated rings. The molecule has 2 rings (SSSR count). The molecule has 112 valence electrons. The highest BCUT2D eigenvalue weighted by atomic mass is 32.2. The van der Waals surface area contributed by atoms with Gasteiger partial charge in [-0.1, -0.05) is 43.3 Å². The Morgan fingerprint density at radius 1 is 1.00 bits per heavy atom. The molecule has 4 N–H and O–H groups in total. The van der Waals surface area contributed by atoms with Gasteiger partial charge in [-0.2, -0.15) is 0 Å². The third kappa shape index (κ3) is 3.81. The first-order chi connectivity index (χ1) is 10.1. The van der Waals surface area contributed by atoms with E-state index in [4.69, 9.17) is 5.84 Å². The molecule has 0 atom stereocenters. The normalized spacial score (nSPS) is 11.3. The Balaban J connectivity index is 2.13. The monoisotopic (exact) mass is 305 g/mol. The summed E-state index contributed by atoms with van der Waals surface area (Å²) in [6.07, 6.45) is 0.960. The van der Waals surface area contributed by atoms with Crippen LogP contribution in [0.2, 0.25) is 0 Å². The molecule has 0 amide bonds. The summed E-state index contributed by atoms with van der Waals surface area (Å²) in [7, 11) is -3.61. The highest BCUT2D eigenvalue weighted by Gasteiger charge is 2.17. The number of para-hydroxylation sites is 1. The highest BCUT2D eigenvalue weighted by molar-refractivity contribution is 7.89. The molecule has 0 aliphatic heterocycles. The number of hydrazine groups is 1. The maximum atomic E-state index is 12.3. The van der Waals surface area contributed by atoms with Crippen LogP contribution in [0.15, 0.2) is 53.4 Å². The number of sulfonamides is 1. The zero-order valence-electron chi connectivity index (χ0n) is 11.8. The molecular weight excluding hydrogens is 286 g/mol. The van der Waals surface area contributed by atoms with Crippen LogP contribution >= 0.6 is 0 Å². The molecular formula is C15H19N3O2S. The van der Waals surface area contributed by atoms with Crippen molar-refractivity contribution in [3.05, 3.63) is 59.7 Å². The summed E-state index contributed by atoms with van der Waals surface area (Å²) < 4.78 is 27.2. The van der Waals surface area contributed by atoms with E-state index >= 15 is 0 Å². The van der Waals surface area contributed by atoms with Gasteiger partial charge in [0.05, 0.1) is 5.69 Å². The molecule has 0 saturated heterocycles. The average molecular weight is 305 g/mol. The lowest BCUT2D eigenvalue weighted by molar-refractivity contribution is 0.581. The second-order valence-electron chi connectivity index (χ2n) is 4.64. The minimum Gasteiger partial charge on any atom is -0.323 e. The predicted octanol–water partition coefficient (Wildman–Crippen LogP) is 2.01. The Hall–Kier alpha value is -1.89. The standard InChI is InChI=1S/C15H19N3O2S/c1-2-12-7-9-13(10-8-12)11-17-21(19,20)15-6-4-3-5-14(15)18-16/h3-10,17-18H,2,11,16H2,1H3. The van der Waals surface area contributed by atoms with Gasteiger partial charge in [-0.25, -0.2) is 13.1 Å². The highest BCUT2D eigenvalue weighted by Crippen LogP contribution is 2.19. The first-order valence-electron chi connectivity index (χ1n) is 6.70. The van der Waals surface area contributed by atoms with E-state index in [0.29, 0.717) is 5.69 Å². The molecule has 2 aromatic rings. The SMILES string of the molecule is CCc1ccc(CNS(=O)(=O)c2ccccc2NN)cc1. The van der Waals surface area contributed by atoms with Crippen LogP contribution in [-0.4, -0.2) is 8.42 Å². The van der Waals surface area contributed by atoms with E-state index < -0.39 is 10.0 Å². The van der Waals surface area contributed by atoms with Crippen molar-refractivity contribution in [2.45, 2.75) is 24.8 Å². The molecule has 0 spiro atoms. The van der Waals surface area contributed by atoms with Crippen molar-refractivity contribution >= 4 is 15.7 Å². The number of nitrogens with one attached hydrogen (secondary N) is 2. The fraction of sp³-hybridized carbons (Fsp3) is 0.200. The Labute approximate surface area is 125 Å². The third-order valence-corrected chi connectivity index (χ3v) is 4.69. The lowest BCUT2D eigenvalue weighted by atomic mass is 10.1. The van der Waals surface area contributed by atoms with E-state index in [1.165, 1.54) is 11.6 Å². The van der Waals surface area contributed by atoms with Crippen LogP contribution in [0.4, 0.5) is 5.69 Å². The molecule has 0 saturated carbocycles. The molecule has 0 bridgehead atoms. The quantitative estimate of drug-likeness (QED) is 0.563. The Morgan fingerprint density at radius 3 is 2.24 bits per heavy atom. The van der Waals surface area contributed by atoms with Crippen molar-refractivity contribution in [2.75, 3.05) is 5.43 Å². The summed E-state index contributed by atoms with van der Waals surface area (Å²) in [6, 6.07) is 14.4. The Morgan fingerprint density at radius 2 is 1.62 bits per heavy atom. The third-order valence-electron chi connectivity index (χ3n) is 3.23. The van der Waals surface area contributed by atoms with Gasteiger partial charge >= 0.3 is 0 Å². The number of anilines is 1. The van der Waals surface area contributed by atoms with E-state index in [1.54, 1.807) is 18.2 Å². The van der Waals surface area contributed by atoms with Gasteiger partial charge in [-0.3, -0.25) is 5.84 Å². The molecule has 0 heterocycles. The van der Waals surface area contributed by atoms with Crippen LogP contribution in [-0.2, 0) is 23.0 Å². The number of nitrogen functional groups attached to an aromatic ring is 1. The van der Waals surface area contributed by atoms with E-state index in [-0.39, 0.29) is 11.4 Å². The van der Waals surface area contributed by atoms with E-state index in [0.717, 1.165) is 12.0 Å². The zero-order valence-corrected chi connectivity index (χ0v) is 12.7. The predicted molar refractivity (Wildman–Crippen MR) is 84.1 cm³/mol. The van der Waals surface area contributed by atoms with Gasteiger partial charge in [0.15, 0.2) is 0 Å². The second kappa shape index (κ2) is 6.71. The lowest BCUT2D eigenvalue weighted by Gasteiger charge is -2.11. The van der Waals surface area contributed by atoms with Crippen LogP contribution < -0.4 is 16.0 Å². The molecule has 0 aliphatic rings. The van der Waals surface area contributed by atoms with Gasteiger partial charge in [0.1, 0.15) is 4.90 Å². The fourth-order valence-electron chi connectivity index (χ4n) is 1.97. The smallest absolute Gasteiger partial charge is 0.242 e.